The fourth-order valence-corrected chi connectivity index (χ4v) is 7.29. The summed E-state index contributed by atoms with van der Waals surface area (Å²) in [5, 5.41) is 0. The fourth-order valence-electron chi connectivity index (χ4n) is 7.29. The molecule has 0 bridgehead atoms. The van der Waals surface area contributed by atoms with Gasteiger partial charge in [0.05, 0.1) is 58.7 Å². The third kappa shape index (κ3) is 14.0. The molecule has 5 nitrogen and oxygen atoms in total. The molecule has 0 saturated heterocycles. The minimum Gasteiger partial charge on any atom is -0.465 e. The first-order chi connectivity index (χ1) is 33.4. The molecule has 1 heterocycles. The molecule has 0 aliphatic heterocycles. The zero-order chi connectivity index (χ0) is 56.6. The molecule has 0 amide bonds. The summed E-state index contributed by atoms with van der Waals surface area (Å²) < 4.78 is 352. The number of aromatic nitrogens is 1. The van der Waals surface area contributed by atoms with Gasteiger partial charge in [-0.15, -0.1) is 0 Å². The second kappa shape index (κ2) is 20.8. The van der Waals surface area contributed by atoms with E-state index in [-0.39, 0.29) is 5.57 Å². The van der Waals surface area contributed by atoms with Crippen LogP contribution in [-0.2, 0) is 75.0 Å². The molecule has 0 radical (unpaired) electrons. The maximum atomic E-state index is 14.2. The van der Waals surface area contributed by atoms with Gasteiger partial charge in [0.1, 0.15) is 11.7 Å². The van der Waals surface area contributed by atoms with Crippen LogP contribution in [0, 0.1) is 0 Å². The second-order valence-electron chi connectivity index (χ2n) is 15.4. The van der Waals surface area contributed by atoms with Crippen LogP contribution in [0.1, 0.15) is 44.5 Å². The third-order valence-electron chi connectivity index (χ3n) is 10.5. The van der Waals surface area contributed by atoms with Crippen molar-refractivity contribution < 1.29 is 129 Å². The standard InChI is InChI=1S/C32H12BF24.C12H14NO4/c34-25(35,36)13-1-14(26(37,38)39)6-21(5-13)33(22-7-15(27(40,41)42)2-16(8-22)28(43,44)45,23-9-17(29(46,47)48)3-18(10-23)30(49,50)51)24-11-19(31(52,53)54)4-20(12-24)32(55,56)57;1-16-11(14)10(12(15)17-2)6-9-13-7-4-3-5-8-13/h1-12H;3-8H,9H2,1-2H3/q-1;+1. The molecule has 74 heavy (non-hydrogen) atoms. The minimum atomic E-state index is -6.13. The normalized spacial score (nSPS) is 13.2. The maximum absolute atomic E-state index is 14.2. The Hall–Kier alpha value is -6.91. The van der Waals surface area contributed by atoms with Crippen molar-refractivity contribution in [3.05, 3.63) is 160 Å². The molecule has 0 N–H and O–H groups in total. The molecule has 5 rings (SSSR count). The van der Waals surface area contributed by atoms with Crippen molar-refractivity contribution in [3.63, 3.8) is 0 Å². The van der Waals surface area contributed by atoms with Crippen LogP contribution < -0.4 is 26.4 Å². The van der Waals surface area contributed by atoms with Crippen molar-refractivity contribution >= 4 is 39.9 Å². The van der Waals surface area contributed by atoms with Crippen LogP contribution >= 0.6 is 0 Å². The average Bonchev–Trinajstić information content (AvgIpc) is 3.27. The van der Waals surface area contributed by atoms with Gasteiger partial charge in [-0.25, -0.2) is 14.2 Å². The molecule has 0 unspecified atom stereocenters. The topological polar surface area (TPSA) is 56.5 Å². The monoisotopic (exact) mass is 1100 g/mol. The maximum Gasteiger partial charge on any atom is 0.416 e. The molecule has 0 spiro atoms. The number of methoxy groups -OCH3 is 2. The Kier molecular flexibility index (Phi) is 16.8. The molecule has 0 atom stereocenters. The van der Waals surface area contributed by atoms with Gasteiger partial charge in [-0.2, -0.15) is 127 Å². The lowest BCUT2D eigenvalue weighted by molar-refractivity contribution is -0.687. The first kappa shape index (κ1) is 59.7. The van der Waals surface area contributed by atoms with Crippen molar-refractivity contribution in [3.8, 4) is 0 Å². The average molecular weight is 1100 g/mol. The lowest BCUT2D eigenvalue weighted by Crippen LogP contribution is -2.75. The highest BCUT2D eigenvalue weighted by Crippen LogP contribution is 2.41. The Morgan fingerprint density at radius 2 is 0.581 bits per heavy atom. The van der Waals surface area contributed by atoms with Crippen molar-refractivity contribution in [1.82, 2.24) is 0 Å². The first-order valence-electron chi connectivity index (χ1n) is 19.6. The van der Waals surface area contributed by atoms with Crippen LogP contribution in [0.15, 0.2) is 115 Å². The Morgan fingerprint density at radius 3 is 0.757 bits per heavy atom. The van der Waals surface area contributed by atoms with Gasteiger partial charge in [-0.3, -0.25) is 0 Å². The molecule has 0 fully saturated rings. The van der Waals surface area contributed by atoms with Crippen molar-refractivity contribution in [2.45, 2.75) is 56.0 Å². The van der Waals surface area contributed by atoms with E-state index in [9.17, 15) is 115 Å². The minimum absolute atomic E-state index is 0.105. The highest BCUT2D eigenvalue weighted by atomic mass is 19.4. The van der Waals surface area contributed by atoms with Crippen molar-refractivity contribution in [2.75, 3.05) is 14.2 Å². The predicted octanol–water partition coefficient (Wildman–Crippen LogP) is 11.5. The summed E-state index contributed by atoms with van der Waals surface area (Å²) in [4.78, 5) is 22.7. The van der Waals surface area contributed by atoms with Gasteiger partial charge in [-0.1, -0.05) is 54.6 Å². The molecule has 0 aliphatic rings. The molecular weight excluding hydrogens is 1070 g/mol. The summed E-state index contributed by atoms with van der Waals surface area (Å²) in [7, 11) is 2.43. The van der Waals surface area contributed by atoms with Gasteiger partial charge in [0.2, 0.25) is 0 Å². The van der Waals surface area contributed by atoms with E-state index in [1.54, 1.807) is 0 Å². The molecular formula is C44H26BF24NO4. The van der Waals surface area contributed by atoms with E-state index < -0.39 is 207 Å². The van der Waals surface area contributed by atoms with Crippen molar-refractivity contribution in [1.29, 1.82) is 0 Å². The summed E-state index contributed by atoms with van der Waals surface area (Å²) in [5.74, 6) is -1.40. The zero-order valence-electron chi connectivity index (χ0n) is 36.3. The number of hydrogen-bond acceptors (Lipinski definition) is 4. The number of carbonyl (C=O) groups is 2. The number of rotatable bonds is 8. The van der Waals surface area contributed by atoms with E-state index in [2.05, 4.69) is 9.47 Å². The largest absolute Gasteiger partial charge is 0.465 e. The lowest BCUT2D eigenvalue weighted by atomic mass is 9.12. The molecule has 4 aromatic carbocycles. The van der Waals surface area contributed by atoms with E-state index in [0.717, 1.165) is 0 Å². The highest BCUT2D eigenvalue weighted by molar-refractivity contribution is 7.20. The number of esters is 2. The molecule has 402 valence electrons. The van der Waals surface area contributed by atoms with Crippen LogP contribution in [0.4, 0.5) is 105 Å². The molecule has 0 saturated carbocycles. The number of allylic oxidation sites excluding steroid dienone is 1. The quantitative estimate of drug-likeness (QED) is 0.0296. The Morgan fingerprint density at radius 1 is 0.378 bits per heavy atom. The predicted molar refractivity (Wildman–Crippen MR) is 209 cm³/mol. The van der Waals surface area contributed by atoms with Gasteiger partial charge < -0.3 is 9.47 Å². The van der Waals surface area contributed by atoms with E-state index in [1.165, 1.54) is 20.3 Å². The second-order valence-corrected chi connectivity index (χ2v) is 15.4. The Labute approximate surface area is 398 Å². The smallest absolute Gasteiger partial charge is 0.416 e. The molecule has 5 aromatic rings. The number of pyridine rings is 1. The van der Waals surface area contributed by atoms with Gasteiger partial charge in [0.25, 0.3) is 0 Å². The first-order valence-corrected chi connectivity index (χ1v) is 19.6. The number of ether oxygens (including phenoxy) is 2. The molecule has 1 aromatic heterocycles. The summed E-state index contributed by atoms with van der Waals surface area (Å²) in [6.07, 6.45) is -49.7. The van der Waals surface area contributed by atoms with E-state index in [4.69, 9.17) is 0 Å². The Balaban J connectivity index is 0.000000589. The van der Waals surface area contributed by atoms with Gasteiger partial charge in [0.15, 0.2) is 18.9 Å². The van der Waals surface area contributed by atoms with Crippen LogP contribution in [0.2, 0.25) is 0 Å². The van der Waals surface area contributed by atoms with E-state index >= 15 is 0 Å². The van der Waals surface area contributed by atoms with E-state index in [0.29, 0.717) is 6.54 Å². The number of hydrogen-bond donors (Lipinski definition) is 0. The van der Waals surface area contributed by atoms with Gasteiger partial charge in [-0.05, 0) is 24.3 Å². The van der Waals surface area contributed by atoms with Crippen LogP contribution in [0.25, 0.3) is 0 Å². The number of halogens is 24. The Bertz CT molecular complexity index is 2420. The lowest BCUT2D eigenvalue weighted by Gasteiger charge is -2.46. The van der Waals surface area contributed by atoms with Crippen LogP contribution in [-0.4, -0.2) is 32.3 Å². The van der Waals surface area contributed by atoms with Crippen molar-refractivity contribution in [2.24, 2.45) is 0 Å². The SMILES string of the molecule is COC(=O)C(=CC[n+]1ccccc1)C(=O)OC.FC(F)(F)c1cc([B-](c2cc(C(F)(F)F)cc(C(F)(F)F)c2)(c2cc(C(F)(F)F)cc(C(F)(F)F)c2)c2cc(C(F)(F)F)cc(C(F)(F)F)c2)cc(C(F)(F)F)c1. The number of alkyl halides is 24. The molecule has 0 aliphatic carbocycles. The number of benzene rings is 4. The van der Waals surface area contributed by atoms with Crippen LogP contribution in [0.3, 0.4) is 0 Å². The number of nitrogens with zero attached hydrogens (tertiary/aromatic N) is 1. The summed E-state index contributed by atoms with van der Waals surface area (Å²) in [6, 6.07) is -3.23. The summed E-state index contributed by atoms with van der Waals surface area (Å²) in [6.45, 7) is 0.389. The third-order valence-corrected chi connectivity index (χ3v) is 10.5. The van der Waals surface area contributed by atoms with Crippen LogP contribution in [0.5, 0.6) is 0 Å². The number of carbonyl (C=O) groups excluding carboxylic acids is 2. The molecule has 30 heteroatoms. The zero-order valence-corrected chi connectivity index (χ0v) is 36.3. The van der Waals surface area contributed by atoms with Gasteiger partial charge >= 0.3 is 61.3 Å². The fraction of sp³-hybridized carbons (Fsp3) is 0.250. The van der Waals surface area contributed by atoms with Gasteiger partial charge in [0, 0.05) is 18.2 Å². The summed E-state index contributed by atoms with van der Waals surface area (Å²) >= 11 is 0. The van der Waals surface area contributed by atoms with E-state index in [1.807, 2.05) is 35.2 Å². The summed E-state index contributed by atoms with van der Waals surface area (Å²) in [5.41, 5.74) is -30.3. The highest BCUT2D eigenvalue weighted by Gasteiger charge is 2.47.